The van der Waals surface area contributed by atoms with Gasteiger partial charge < -0.3 is 135 Å². The van der Waals surface area contributed by atoms with Crippen molar-refractivity contribution in [3.63, 3.8) is 0 Å². The zero-order valence-electron chi connectivity index (χ0n) is 37.3. The Morgan fingerprint density at radius 1 is 0.478 bits per heavy atom. The number of rotatable bonds is 22. The summed E-state index contributed by atoms with van der Waals surface area (Å²) in [4.78, 5) is 24.4. The van der Waals surface area contributed by atoms with Crippen molar-refractivity contribution in [1.29, 1.82) is 0 Å². The van der Waals surface area contributed by atoms with Gasteiger partial charge in [0.25, 0.3) is 0 Å². The van der Waals surface area contributed by atoms with E-state index in [-0.39, 0.29) is 31.9 Å². The molecular weight excluding hydrogens is 960 g/mol. The standard InChI is InChI=1S/C39H68N2O27S/c1-13(47)41-20-24(52)31(65-38-30(58)34(23(51)16(10-44)61-38)68-37-27(55)25(53)21(49)14(8-42)60-37)17(11-45)63-35(20)67-33-22(50)15(9-43)62-39(29(33)57)66-32-18(12-46)64-36(28(56)26(32)54)59-6-3-5-40-19(48)4-2-7-69/h14-18,20-39,42-46,49-58,69H,2-12H2,1H3,(H,40,48)(H,41,47)/t14-,15?,16-,17?,18-,20-,21-,22+,23-,24-,25?,26?,27?,28?,29-,30?,31+,32-,33+,34?,35?,36+,37-,38-,39?/m1/s1. The largest absolute Gasteiger partial charge is 0.394 e. The monoisotopic (exact) mass is 1030 g/mol. The van der Waals surface area contributed by atoms with Crippen LogP contribution in [0.5, 0.6) is 0 Å². The summed E-state index contributed by atoms with van der Waals surface area (Å²) >= 11 is 4.06. The first-order valence-corrected chi connectivity index (χ1v) is 23.0. The first-order valence-electron chi connectivity index (χ1n) is 22.4. The number of amides is 2. The summed E-state index contributed by atoms with van der Waals surface area (Å²) < 4.78 is 56.8. The van der Waals surface area contributed by atoms with Crippen LogP contribution in [0.2, 0.25) is 0 Å². The molecule has 2 amide bonds. The van der Waals surface area contributed by atoms with Crippen LogP contribution in [0, 0.1) is 0 Å². The Kier molecular flexibility index (Phi) is 22.8. The Morgan fingerprint density at radius 2 is 0.899 bits per heavy atom. The van der Waals surface area contributed by atoms with Gasteiger partial charge in [-0.1, -0.05) is 0 Å². The summed E-state index contributed by atoms with van der Waals surface area (Å²) in [7, 11) is 0. The van der Waals surface area contributed by atoms with Crippen molar-refractivity contribution in [3.05, 3.63) is 0 Å². The molecule has 5 heterocycles. The number of aliphatic hydroxyl groups is 15. The van der Waals surface area contributed by atoms with Gasteiger partial charge in [0.1, 0.15) is 122 Å². The minimum absolute atomic E-state index is 0.0551. The number of aliphatic hydroxyl groups excluding tert-OH is 15. The van der Waals surface area contributed by atoms with E-state index in [0.717, 1.165) is 6.92 Å². The Balaban J connectivity index is 1.28. The number of carbonyl (C=O) groups is 2. The molecule has 5 saturated heterocycles. The highest BCUT2D eigenvalue weighted by Crippen LogP contribution is 2.36. The molecule has 69 heavy (non-hydrogen) atoms. The maximum absolute atomic E-state index is 12.5. The lowest BCUT2D eigenvalue weighted by atomic mass is 9.94. The number of hydrogen-bond donors (Lipinski definition) is 18. The molecule has 10 unspecified atom stereocenters. The summed E-state index contributed by atoms with van der Waals surface area (Å²) in [6.07, 6.45) is -42.7. The van der Waals surface area contributed by atoms with E-state index in [1.54, 1.807) is 0 Å². The molecule has 29 nitrogen and oxygen atoms in total. The lowest BCUT2D eigenvalue weighted by Gasteiger charge is -2.50. The average molecular weight is 1030 g/mol. The maximum atomic E-state index is 12.5. The van der Waals surface area contributed by atoms with Crippen LogP contribution in [-0.4, -0.2) is 294 Å². The lowest BCUT2D eigenvalue weighted by molar-refractivity contribution is -0.387. The second-order valence-corrected chi connectivity index (χ2v) is 17.5. The third-order valence-corrected chi connectivity index (χ3v) is 12.5. The number of thiol groups is 1. The number of nitrogens with one attached hydrogen (secondary N) is 2. The highest BCUT2D eigenvalue weighted by molar-refractivity contribution is 7.80. The van der Waals surface area contributed by atoms with Gasteiger partial charge in [-0.3, -0.25) is 9.59 Å². The molecule has 17 N–H and O–H groups in total. The molecule has 5 fully saturated rings. The quantitative estimate of drug-likeness (QED) is 0.0354. The molecule has 0 aromatic carbocycles. The third kappa shape index (κ3) is 13.9. The van der Waals surface area contributed by atoms with Crippen LogP contribution in [0.3, 0.4) is 0 Å². The second-order valence-electron chi connectivity index (χ2n) is 17.1. The van der Waals surface area contributed by atoms with Crippen LogP contribution >= 0.6 is 12.6 Å². The summed E-state index contributed by atoms with van der Waals surface area (Å²) in [5.41, 5.74) is 0. The van der Waals surface area contributed by atoms with Gasteiger partial charge in [0, 0.05) is 19.9 Å². The first-order chi connectivity index (χ1) is 32.8. The highest BCUT2D eigenvalue weighted by atomic mass is 32.1. The van der Waals surface area contributed by atoms with E-state index in [1.807, 2.05) is 0 Å². The molecular formula is C39H68N2O27S. The van der Waals surface area contributed by atoms with Crippen LogP contribution in [0.25, 0.3) is 0 Å². The fourth-order valence-electron chi connectivity index (χ4n) is 8.38. The predicted octanol–water partition coefficient (Wildman–Crippen LogP) is -10.5. The molecule has 5 aliphatic heterocycles. The van der Waals surface area contributed by atoms with Gasteiger partial charge in [0.05, 0.1) is 39.6 Å². The fraction of sp³-hybridized carbons (Fsp3) is 0.949. The average Bonchev–Trinajstić information content (AvgIpc) is 3.33. The molecule has 5 rings (SSSR count). The van der Waals surface area contributed by atoms with Gasteiger partial charge in [-0.05, 0) is 18.6 Å². The van der Waals surface area contributed by atoms with Gasteiger partial charge in [-0.15, -0.1) is 0 Å². The topological polar surface area (TPSA) is 454 Å². The molecule has 5 aliphatic rings. The smallest absolute Gasteiger partial charge is 0.220 e. The van der Waals surface area contributed by atoms with Gasteiger partial charge in [0.2, 0.25) is 11.8 Å². The molecule has 0 aliphatic carbocycles. The summed E-state index contributed by atoms with van der Waals surface area (Å²) in [5, 5.41) is 165. The minimum atomic E-state index is -2.11. The van der Waals surface area contributed by atoms with E-state index in [1.165, 1.54) is 0 Å². The summed E-state index contributed by atoms with van der Waals surface area (Å²) in [6.45, 7) is -3.39. The van der Waals surface area contributed by atoms with Crippen molar-refractivity contribution in [3.8, 4) is 0 Å². The van der Waals surface area contributed by atoms with E-state index in [0.29, 0.717) is 12.2 Å². The lowest BCUT2D eigenvalue weighted by Crippen LogP contribution is -2.70. The molecule has 25 atom stereocenters. The molecule has 0 spiro atoms. The normalized spacial score (nSPS) is 45.2. The second kappa shape index (κ2) is 27.0. The molecule has 0 aromatic heterocycles. The van der Waals surface area contributed by atoms with Gasteiger partial charge in [-0.2, -0.15) is 12.6 Å². The molecule has 0 saturated carbocycles. The van der Waals surface area contributed by atoms with Crippen molar-refractivity contribution in [1.82, 2.24) is 10.6 Å². The van der Waals surface area contributed by atoms with Crippen LogP contribution < -0.4 is 10.6 Å². The van der Waals surface area contributed by atoms with Crippen molar-refractivity contribution < 1.29 is 134 Å². The Bertz CT molecular complexity index is 1560. The molecule has 30 heteroatoms. The van der Waals surface area contributed by atoms with E-state index >= 15 is 0 Å². The van der Waals surface area contributed by atoms with Crippen LogP contribution in [0.15, 0.2) is 0 Å². The van der Waals surface area contributed by atoms with E-state index in [9.17, 15) is 86.2 Å². The number of hydrogen-bond acceptors (Lipinski definition) is 28. The molecule has 402 valence electrons. The number of carbonyl (C=O) groups excluding carboxylic acids is 2. The van der Waals surface area contributed by atoms with Gasteiger partial charge in [0.15, 0.2) is 31.5 Å². The van der Waals surface area contributed by atoms with Crippen molar-refractivity contribution in [2.45, 2.75) is 180 Å². The van der Waals surface area contributed by atoms with E-state index in [2.05, 4.69) is 23.3 Å². The summed E-state index contributed by atoms with van der Waals surface area (Å²) in [5.74, 6) is -0.470. The van der Waals surface area contributed by atoms with E-state index in [4.69, 9.17) is 47.4 Å². The Hall–Kier alpha value is -1.71. The molecule has 0 bridgehead atoms. The van der Waals surface area contributed by atoms with Crippen molar-refractivity contribution in [2.75, 3.05) is 51.9 Å². The molecule has 0 radical (unpaired) electrons. The Labute approximate surface area is 399 Å². The predicted molar refractivity (Wildman–Crippen MR) is 223 cm³/mol. The third-order valence-electron chi connectivity index (χ3n) is 12.2. The summed E-state index contributed by atoms with van der Waals surface area (Å²) in [6, 6.07) is -1.74. The van der Waals surface area contributed by atoms with Crippen LogP contribution in [0.4, 0.5) is 0 Å². The van der Waals surface area contributed by atoms with Crippen LogP contribution in [-0.2, 0) is 57.0 Å². The van der Waals surface area contributed by atoms with Crippen LogP contribution in [0.1, 0.15) is 26.2 Å². The highest BCUT2D eigenvalue weighted by Gasteiger charge is 2.57. The van der Waals surface area contributed by atoms with Gasteiger partial charge in [-0.25, -0.2) is 0 Å². The zero-order valence-corrected chi connectivity index (χ0v) is 38.2. The maximum Gasteiger partial charge on any atom is 0.220 e. The minimum Gasteiger partial charge on any atom is -0.394 e. The van der Waals surface area contributed by atoms with Crippen molar-refractivity contribution >= 4 is 24.4 Å². The fourth-order valence-corrected chi connectivity index (χ4v) is 8.54. The zero-order chi connectivity index (χ0) is 50.9. The first kappa shape index (κ1) is 58.2. The van der Waals surface area contributed by atoms with Crippen molar-refractivity contribution in [2.24, 2.45) is 0 Å². The van der Waals surface area contributed by atoms with E-state index < -0.39 is 192 Å². The SMILES string of the molecule is CC(=O)N[C@H]1C(O[C@H]2[C@@H](O)C(CO)OC(O[C@H]3C(O)C(O)[C@@H](OCCCNC(=O)CCCS)O[C@@H]3CO)[C@@H]2O)OC(CO)[C@H](O[C@H]2O[C@H](CO)[C@@H](O)C(O[C@H]3O[C@H](CO)[C@@H](O)C(O)C3O)C2O)[C@@H]1O. The van der Waals surface area contributed by atoms with Gasteiger partial charge >= 0.3 is 0 Å². The molecule has 0 aromatic rings. The Morgan fingerprint density at radius 3 is 1.39 bits per heavy atom. The number of ether oxygens (including phenoxy) is 10.